The van der Waals surface area contributed by atoms with E-state index in [9.17, 15) is 14.7 Å². The quantitative estimate of drug-likeness (QED) is 0.734. The molecule has 3 aromatic rings. The number of benzene rings is 2. The van der Waals surface area contributed by atoms with E-state index in [1.807, 2.05) is 18.2 Å². The zero-order chi connectivity index (χ0) is 15.0. The van der Waals surface area contributed by atoms with Crippen LogP contribution in [-0.2, 0) is 0 Å². The highest BCUT2D eigenvalue weighted by Crippen LogP contribution is 2.27. The molecule has 4 nitrogen and oxygen atoms in total. The summed E-state index contributed by atoms with van der Waals surface area (Å²) in [6.07, 6.45) is 0. The van der Waals surface area contributed by atoms with Crippen LogP contribution in [0.5, 0.6) is 5.75 Å². The van der Waals surface area contributed by atoms with Crippen molar-refractivity contribution in [3.05, 3.63) is 70.5 Å². The zero-order valence-electron chi connectivity index (χ0n) is 11.4. The van der Waals surface area contributed by atoms with E-state index in [0.717, 1.165) is 0 Å². The molecule has 0 aliphatic rings. The minimum atomic E-state index is -0.509. The third-order valence-electron chi connectivity index (χ3n) is 3.42. The van der Waals surface area contributed by atoms with Crippen molar-refractivity contribution in [2.45, 2.75) is 6.92 Å². The third kappa shape index (κ3) is 2.01. The molecular formula is C17H13NO3. The van der Waals surface area contributed by atoms with Crippen molar-refractivity contribution in [3.8, 4) is 11.4 Å². The van der Waals surface area contributed by atoms with Crippen LogP contribution in [0, 0.1) is 0 Å². The van der Waals surface area contributed by atoms with Gasteiger partial charge in [0.25, 0.3) is 5.56 Å². The van der Waals surface area contributed by atoms with Gasteiger partial charge in [0.2, 0.25) is 0 Å². The molecule has 4 heteroatoms. The number of fused-ring (bicyclic) bond motifs is 1. The Bertz CT molecular complexity index is 895. The fourth-order valence-corrected chi connectivity index (χ4v) is 2.48. The van der Waals surface area contributed by atoms with Crippen LogP contribution in [0.4, 0.5) is 0 Å². The number of aromatic nitrogens is 1. The lowest BCUT2D eigenvalue weighted by Gasteiger charge is -2.13. The van der Waals surface area contributed by atoms with E-state index >= 15 is 0 Å². The summed E-state index contributed by atoms with van der Waals surface area (Å²) in [5.74, 6) is -0.705. The van der Waals surface area contributed by atoms with Gasteiger partial charge in [0.05, 0.1) is 5.52 Å². The number of para-hydroxylation sites is 2. The van der Waals surface area contributed by atoms with Crippen LogP contribution in [0.2, 0.25) is 0 Å². The van der Waals surface area contributed by atoms with Crippen LogP contribution in [0.1, 0.15) is 17.3 Å². The second-order valence-electron chi connectivity index (χ2n) is 4.77. The summed E-state index contributed by atoms with van der Waals surface area (Å²) in [5.41, 5.74) is 0.528. The standard InChI is InChI=1S/C17H13NO3/c1-11(19)15-16(20)13-9-5-6-10-14(13)18(17(15)21)12-7-3-2-4-8-12/h2-10,20H,1H3. The Labute approximate surface area is 120 Å². The first-order valence-corrected chi connectivity index (χ1v) is 6.54. The van der Waals surface area contributed by atoms with Crippen LogP contribution >= 0.6 is 0 Å². The maximum absolute atomic E-state index is 12.6. The summed E-state index contributed by atoms with van der Waals surface area (Å²) in [7, 11) is 0. The van der Waals surface area contributed by atoms with E-state index in [2.05, 4.69) is 0 Å². The van der Waals surface area contributed by atoms with Crippen molar-refractivity contribution in [2.24, 2.45) is 0 Å². The van der Waals surface area contributed by atoms with Crippen LogP contribution in [-0.4, -0.2) is 15.5 Å². The number of carbonyl (C=O) groups is 1. The maximum Gasteiger partial charge on any atom is 0.270 e. The van der Waals surface area contributed by atoms with Crippen LogP contribution in [0.15, 0.2) is 59.4 Å². The van der Waals surface area contributed by atoms with Gasteiger partial charge in [0.1, 0.15) is 11.3 Å². The van der Waals surface area contributed by atoms with Crippen LogP contribution in [0.3, 0.4) is 0 Å². The van der Waals surface area contributed by atoms with Crippen molar-refractivity contribution < 1.29 is 9.90 Å². The van der Waals surface area contributed by atoms with Gasteiger partial charge in [0, 0.05) is 11.1 Å². The molecule has 1 N–H and O–H groups in total. The van der Waals surface area contributed by atoms with E-state index in [1.54, 1.807) is 36.4 Å². The lowest BCUT2D eigenvalue weighted by atomic mass is 10.1. The molecular weight excluding hydrogens is 266 g/mol. The minimum absolute atomic E-state index is 0.183. The first-order valence-electron chi connectivity index (χ1n) is 6.54. The van der Waals surface area contributed by atoms with Crippen molar-refractivity contribution in [2.75, 3.05) is 0 Å². The third-order valence-corrected chi connectivity index (χ3v) is 3.42. The molecule has 0 saturated heterocycles. The van der Waals surface area contributed by atoms with E-state index in [-0.39, 0.29) is 11.3 Å². The molecule has 0 fully saturated rings. The highest BCUT2D eigenvalue weighted by Gasteiger charge is 2.19. The fraction of sp³-hybridized carbons (Fsp3) is 0.0588. The summed E-state index contributed by atoms with van der Waals surface area (Å²) >= 11 is 0. The number of aromatic hydroxyl groups is 1. The van der Waals surface area contributed by atoms with Gasteiger partial charge in [-0.05, 0) is 31.2 Å². The molecule has 0 radical (unpaired) electrons. The molecule has 0 aliphatic carbocycles. The van der Waals surface area contributed by atoms with E-state index in [1.165, 1.54) is 11.5 Å². The highest BCUT2D eigenvalue weighted by atomic mass is 16.3. The summed E-state index contributed by atoms with van der Waals surface area (Å²) in [5, 5.41) is 10.7. The van der Waals surface area contributed by atoms with Gasteiger partial charge in [-0.3, -0.25) is 14.2 Å². The predicted octanol–water partition coefficient (Wildman–Crippen LogP) is 2.90. The lowest BCUT2D eigenvalue weighted by molar-refractivity contribution is 0.101. The van der Waals surface area contributed by atoms with Crippen molar-refractivity contribution in [1.29, 1.82) is 0 Å². The summed E-state index contributed by atoms with van der Waals surface area (Å²) < 4.78 is 1.45. The average Bonchev–Trinajstić information content (AvgIpc) is 2.48. The number of rotatable bonds is 2. The largest absolute Gasteiger partial charge is 0.506 e. The number of carbonyl (C=O) groups excluding carboxylic acids is 1. The molecule has 1 aromatic heterocycles. The minimum Gasteiger partial charge on any atom is -0.506 e. The van der Waals surface area contributed by atoms with Crippen molar-refractivity contribution >= 4 is 16.7 Å². The molecule has 0 bridgehead atoms. The zero-order valence-corrected chi connectivity index (χ0v) is 11.4. The highest BCUT2D eigenvalue weighted by molar-refractivity contribution is 6.02. The van der Waals surface area contributed by atoms with E-state index < -0.39 is 11.3 Å². The smallest absolute Gasteiger partial charge is 0.270 e. The summed E-state index contributed by atoms with van der Waals surface area (Å²) in [4.78, 5) is 24.4. The molecule has 0 unspecified atom stereocenters. The van der Waals surface area contributed by atoms with Gasteiger partial charge in [-0.15, -0.1) is 0 Å². The second kappa shape index (κ2) is 4.90. The Morgan fingerprint density at radius 1 is 1.00 bits per heavy atom. The number of Topliss-reactive ketones (excluding diaryl/α,β-unsaturated/α-hetero) is 1. The first-order chi connectivity index (χ1) is 10.1. The Balaban J connectivity index is 2.55. The Morgan fingerprint density at radius 2 is 1.62 bits per heavy atom. The van der Waals surface area contributed by atoms with Gasteiger partial charge in [-0.2, -0.15) is 0 Å². The molecule has 0 spiro atoms. The van der Waals surface area contributed by atoms with Crippen molar-refractivity contribution in [3.63, 3.8) is 0 Å². The Hall–Kier alpha value is -2.88. The first kappa shape index (κ1) is 13.1. The van der Waals surface area contributed by atoms with Gasteiger partial charge < -0.3 is 5.11 Å². The normalized spacial score (nSPS) is 10.7. The molecule has 0 amide bonds. The van der Waals surface area contributed by atoms with Gasteiger partial charge in [0.15, 0.2) is 5.78 Å². The lowest BCUT2D eigenvalue weighted by Crippen LogP contribution is -2.25. The van der Waals surface area contributed by atoms with E-state index in [0.29, 0.717) is 16.6 Å². The van der Waals surface area contributed by atoms with Crippen molar-refractivity contribution in [1.82, 2.24) is 4.57 Å². The number of ketones is 1. The molecule has 1 heterocycles. The molecule has 0 aliphatic heterocycles. The molecule has 3 rings (SSSR count). The van der Waals surface area contributed by atoms with Gasteiger partial charge in [-0.25, -0.2) is 0 Å². The summed E-state index contributed by atoms with van der Waals surface area (Å²) in [6.45, 7) is 1.28. The summed E-state index contributed by atoms with van der Waals surface area (Å²) in [6, 6.07) is 16.0. The monoisotopic (exact) mass is 279 g/mol. The number of hydrogen-bond donors (Lipinski definition) is 1. The van der Waals surface area contributed by atoms with Crippen LogP contribution in [0.25, 0.3) is 16.6 Å². The topological polar surface area (TPSA) is 59.3 Å². The predicted molar refractivity (Wildman–Crippen MR) is 81.2 cm³/mol. The van der Waals surface area contributed by atoms with Crippen LogP contribution < -0.4 is 5.56 Å². The molecule has 0 saturated carbocycles. The number of nitrogens with zero attached hydrogens (tertiary/aromatic N) is 1. The fourth-order valence-electron chi connectivity index (χ4n) is 2.48. The Kier molecular flexibility index (Phi) is 3.06. The number of hydrogen-bond acceptors (Lipinski definition) is 3. The number of pyridine rings is 1. The molecule has 2 aromatic carbocycles. The molecule has 104 valence electrons. The van der Waals surface area contributed by atoms with Gasteiger partial charge in [-0.1, -0.05) is 30.3 Å². The average molecular weight is 279 g/mol. The van der Waals surface area contributed by atoms with Gasteiger partial charge >= 0.3 is 0 Å². The second-order valence-corrected chi connectivity index (χ2v) is 4.77. The maximum atomic E-state index is 12.6. The van der Waals surface area contributed by atoms with E-state index in [4.69, 9.17) is 0 Å². The Morgan fingerprint density at radius 3 is 2.29 bits per heavy atom. The SMILES string of the molecule is CC(=O)c1c(O)c2ccccc2n(-c2ccccc2)c1=O. The molecule has 21 heavy (non-hydrogen) atoms. The molecule has 0 atom stereocenters.